The lowest BCUT2D eigenvalue weighted by Crippen LogP contribution is -2.55. The maximum Gasteiger partial charge on any atom is 0.302 e. The van der Waals surface area contributed by atoms with Crippen LogP contribution < -0.4 is 0 Å². The Labute approximate surface area is 202 Å². The number of hydrogen-bond donors (Lipinski definition) is 0. The maximum atomic E-state index is 11.8. The van der Waals surface area contributed by atoms with E-state index in [1.165, 1.54) is 43.6 Å². The second-order valence-electron chi connectivity index (χ2n) is 11.3. The molecule has 180 valence electrons. The zero-order valence-electron chi connectivity index (χ0n) is 20.2. The van der Waals surface area contributed by atoms with Gasteiger partial charge in [0, 0.05) is 31.5 Å². The van der Waals surface area contributed by atoms with Crippen LogP contribution in [-0.4, -0.2) is 48.2 Å². The smallest absolute Gasteiger partial charge is 0.302 e. The molecule has 0 N–H and O–H groups in total. The van der Waals surface area contributed by atoms with Gasteiger partial charge in [-0.15, -0.1) is 23.5 Å². The summed E-state index contributed by atoms with van der Waals surface area (Å²) < 4.78 is 17.5. The molecule has 3 saturated carbocycles. The number of rotatable bonds is 5. The molecule has 0 aromatic heterocycles. The Morgan fingerprint density at radius 1 is 1.09 bits per heavy atom. The van der Waals surface area contributed by atoms with E-state index in [1.807, 2.05) is 0 Å². The van der Waals surface area contributed by atoms with Crippen molar-refractivity contribution in [3.05, 3.63) is 11.6 Å². The second-order valence-corrected chi connectivity index (χ2v) is 14.4. The van der Waals surface area contributed by atoms with E-state index in [2.05, 4.69) is 43.4 Å². The zero-order chi connectivity index (χ0) is 22.6. The molecule has 5 rings (SSSR count). The van der Waals surface area contributed by atoms with Crippen molar-refractivity contribution in [1.29, 1.82) is 0 Å². The van der Waals surface area contributed by atoms with Gasteiger partial charge in [0.2, 0.25) is 0 Å². The molecule has 1 aliphatic heterocycles. The van der Waals surface area contributed by atoms with Gasteiger partial charge >= 0.3 is 5.97 Å². The Morgan fingerprint density at radius 2 is 1.88 bits per heavy atom. The maximum absolute atomic E-state index is 11.8. The van der Waals surface area contributed by atoms with E-state index in [4.69, 9.17) is 14.2 Å². The molecule has 0 aromatic rings. The van der Waals surface area contributed by atoms with E-state index in [1.54, 1.807) is 19.6 Å². The molecule has 1 spiro atoms. The molecule has 0 unspecified atom stereocenters. The van der Waals surface area contributed by atoms with Crippen LogP contribution in [0.4, 0.5) is 0 Å². The van der Waals surface area contributed by atoms with Gasteiger partial charge in [-0.25, -0.2) is 0 Å². The summed E-state index contributed by atoms with van der Waals surface area (Å²) in [5.74, 6) is 4.79. The quantitative estimate of drug-likeness (QED) is 0.277. The lowest BCUT2D eigenvalue weighted by atomic mass is 9.45. The van der Waals surface area contributed by atoms with Crippen LogP contribution in [0.15, 0.2) is 11.6 Å². The van der Waals surface area contributed by atoms with Crippen molar-refractivity contribution < 1.29 is 19.0 Å². The molecule has 4 aliphatic carbocycles. The Hall–Kier alpha value is -0.170. The third kappa shape index (κ3) is 3.79. The Morgan fingerprint density at radius 3 is 2.59 bits per heavy atom. The average Bonchev–Trinajstić information content (AvgIpc) is 3.35. The van der Waals surface area contributed by atoms with E-state index in [0.717, 1.165) is 12.8 Å². The minimum atomic E-state index is -0.141. The number of hydrogen-bond acceptors (Lipinski definition) is 6. The van der Waals surface area contributed by atoms with Gasteiger partial charge in [0.05, 0.1) is 16.8 Å². The van der Waals surface area contributed by atoms with Crippen LogP contribution in [0.5, 0.6) is 0 Å². The van der Waals surface area contributed by atoms with E-state index in [9.17, 15) is 4.79 Å². The van der Waals surface area contributed by atoms with Gasteiger partial charge in [-0.3, -0.25) is 4.79 Å². The summed E-state index contributed by atoms with van der Waals surface area (Å²) in [6.07, 6.45) is 11.6. The van der Waals surface area contributed by atoms with Crippen molar-refractivity contribution in [2.75, 3.05) is 32.0 Å². The zero-order valence-corrected chi connectivity index (χ0v) is 21.8. The van der Waals surface area contributed by atoms with Gasteiger partial charge < -0.3 is 14.2 Å². The van der Waals surface area contributed by atoms with E-state index in [-0.39, 0.29) is 17.5 Å². The SMILES string of the molecule is COCO[C@H]1CC[C@H]2[C@@H]3[C@H](COC(C)=O)CC4=CC5(CC[C@]4(C)[C@H]3CC[C@]12C)SCCS5. The van der Waals surface area contributed by atoms with Crippen molar-refractivity contribution in [2.24, 2.45) is 34.5 Å². The minimum Gasteiger partial charge on any atom is -0.466 e. The van der Waals surface area contributed by atoms with Gasteiger partial charge in [0.25, 0.3) is 0 Å². The molecule has 4 nitrogen and oxygen atoms in total. The van der Waals surface area contributed by atoms with E-state index in [0.29, 0.717) is 46.6 Å². The highest BCUT2D eigenvalue weighted by atomic mass is 32.2. The summed E-state index contributed by atoms with van der Waals surface area (Å²) in [5.41, 5.74) is 2.19. The molecule has 0 bridgehead atoms. The highest BCUT2D eigenvalue weighted by Gasteiger charge is 2.62. The van der Waals surface area contributed by atoms with Crippen LogP contribution in [0.1, 0.15) is 65.7 Å². The summed E-state index contributed by atoms with van der Waals surface area (Å²) in [7, 11) is 1.72. The molecule has 0 amide bonds. The normalized spacial score (nSPS) is 44.5. The van der Waals surface area contributed by atoms with Crippen molar-refractivity contribution in [2.45, 2.75) is 75.9 Å². The molecule has 0 aromatic carbocycles. The van der Waals surface area contributed by atoms with Crippen LogP contribution in [0.3, 0.4) is 0 Å². The van der Waals surface area contributed by atoms with Gasteiger partial charge in [-0.2, -0.15) is 0 Å². The highest BCUT2D eigenvalue weighted by Crippen LogP contribution is 2.69. The first kappa shape index (κ1) is 23.6. The largest absolute Gasteiger partial charge is 0.466 e. The van der Waals surface area contributed by atoms with E-state index >= 15 is 0 Å². The first-order valence-corrected chi connectivity index (χ1v) is 14.5. The summed E-state index contributed by atoms with van der Waals surface area (Å²) in [6.45, 7) is 7.57. The molecule has 5 aliphatic rings. The average molecular weight is 481 g/mol. The molecular formula is C26H40O4S2. The lowest BCUT2D eigenvalue weighted by Gasteiger charge is -2.61. The van der Waals surface area contributed by atoms with Gasteiger partial charge in [0.15, 0.2) is 0 Å². The molecule has 7 atom stereocenters. The summed E-state index contributed by atoms with van der Waals surface area (Å²) in [6, 6.07) is 0. The number of esters is 1. The van der Waals surface area contributed by atoms with Gasteiger partial charge in [-0.05, 0) is 73.5 Å². The van der Waals surface area contributed by atoms with Crippen molar-refractivity contribution in [3.8, 4) is 0 Å². The second kappa shape index (κ2) is 8.80. The summed E-state index contributed by atoms with van der Waals surface area (Å²) in [4.78, 5) is 11.8. The highest BCUT2D eigenvalue weighted by molar-refractivity contribution is 8.21. The molecule has 32 heavy (non-hydrogen) atoms. The predicted octanol–water partition coefficient (Wildman–Crippen LogP) is 5.90. The first-order chi connectivity index (χ1) is 15.3. The van der Waals surface area contributed by atoms with Crippen LogP contribution in [0.2, 0.25) is 0 Å². The lowest BCUT2D eigenvalue weighted by molar-refractivity contribution is -0.156. The Balaban J connectivity index is 1.47. The number of allylic oxidation sites excluding steroid dienone is 1. The molecule has 6 heteroatoms. The van der Waals surface area contributed by atoms with Crippen LogP contribution >= 0.6 is 23.5 Å². The third-order valence-corrected chi connectivity index (χ3v) is 13.3. The van der Waals surface area contributed by atoms with Gasteiger partial charge in [0.1, 0.15) is 6.79 Å². The molecule has 0 radical (unpaired) electrons. The predicted molar refractivity (Wildman–Crippen MR) is 132 cm³/mol. The standard InChI is InChI=1S/C26H40O4S2/c1-17(27)29-15-18-13-19-14-26(31-11-12-32-26)10-9-24(19,2)21-7-8-25(3)20(23(18)21)5-6-22(25)30-16-28-4/h14,18,20-23H,5-13,15-16H2,1-4H3/t18-,20-,21-,22-,23-,24-,25-/m0/s1. The van der Waals surface area contributed by atoms with E-state index < -0.39 is 0 Å². The molecule has 1 heterocycles. The van der Waals surface area contributed by atoms with Crippen LogP contribution in [0.25, 0.3) is 0 Å². The van der Waals surface area contributed by atoms with Crippen molar-refractivity contribution in [3.63, 3.8) is 0 Å². The fourth-order valence-electron chi connectivity index (χ4n) is 8.30. The summed E-state index contributed by atoms with van der Waals surface area (Å²) in [5, 5.41) is 0. The number of ether oxygens (including phenoxy) is 3. The third-order valence-electron chi connectivity index (χ3n) is 9.87. The number of fused-ring (bicyclic) bond motifs is 5. The minimum absolute atomic E-state index is 0.141. The van der Waals surface area contributed by atoms with Crippen molar-refractivity contribution in [1.82, 2.24) is 0 Å². The fourth-order valence-corrected chi connectivity index (χ4v) is 11.4. The van der Waals surface area contributed by atoms with Crippen LogP contribution in [0, 0.1) is 34.5 Å². The first-order valence-electron chi connectivity index (χ1n) is 12.6. The molecule has 1 saturated heterocycles. The van der Waals surface area contributed by atoms with Crippen LogP contribution in [-0.2, 0) is 19.0 Å². The molecular weight excluding hydrogens is 440 g/mol. The molecule has 4 fully saturated rings. The van der Waals surface area contributed by atoms with Gasteiger partial charge in [-0.1, -0.05) is 25.5 Å². The summed E-state index contributed by atoms with van der Waals surface area (Å²) >= 11 is 4.33. The number of carbonyl (C=O) groups is 1. The topological polar surface area (TPSA) is 44.8 Å². The Bertz CT molecular complexity index is 763. The van der Waals surface area contributed by atoms with Crippen molar-refractivity contribution >= 4 is 29.5 Å². The number of carbonyl (C=O) groups excluding carboxylic acids is 1. The Kier molecular flexibility index (Phi) is 6.48. The number of thioether (sulfide) groups is 2. The monoisotopic (exact) mass is 480 g/mol. The number of methoxy groups -OCH3 is 1. The fraction of sp³-hybridized carbons (Fsp3) is 0.885.